The molecule has 31 heavy (non-hydrogen) atoms. The molecule has 166 valence electrons. The van der Waals surface area contributed by atoms with Crippen molar-refractivity contribution in [1.82, 2.24) is 5.32 Å². The molecular weight excluding hydrogens is 404 g/mol. The quantitative estimate of drug-likeness (QED) is 0.136. The minimum Gasteiger partial charge on any atom is -0.595 e. The van der Waals surface area contributed by atoms with Crippen LogP contribution in [0.5, 0.6) is 0 Å². The highest BCUT2D eigenvalue weighted by atomic mass is 16.8. The van der Waals surface area contributed by atoms with Crippen molar-refractivity contribution in [3.8, 4) is 0 Å². The molecular formula is C20H26N6O5. The van der Waals surface area contributed by atoms with E-state index in [0.29, 0.717) is 18.7 Å². The SMILES string of the molecule is NC(N)=NCCCC(NC(=O)OCc1ccccc1)C(=O)Nc1ccc([NH+]([O-])O)cc1. The Morgan fingerprint density at radius 1 is 1.13 bits per heavy atom. The summed E-state index contributed by atoms with van der Waals surface area (Å²) in [5.74, 6) is -0.542. The van der Waals surface area contributed by atoms with Crippen molar-refractivity contribution < 1.29 is 24.8 Å². The third-order valence-corrected chi connectivity index (χ3v) is 4.17. The number of benzene rings is 2. The fourth-order valence-corrected chi connectivity index (χ4v) is 2.60. The highest BCUT2D eigenvalue weighted by Crippen LogP contribution is 2.12. The van der Waals surface area contributed by atoms with Gasteiger partial charge in [-0.25, -0.2) is 10.0 Å². The van der Waals surface area contributed by atoms with Crippen molar-refractivity contribution in [2.75, 3.05) is 11.9 Å². The second-order valence-electron chi connectivity index (χ2n) is 6.58. The number of amides is 2. The number of rotatable bonds is 10. The maximum atomic E-state index is 12.7. The molecule has 8 N–H and O–H groups in total. The average Bonchev–Trinajstić information content (AvgIpc) is 2.75. The first-order valence-electron chi connectivity index (χ1n) is 9.52. The molecule has 0 saturated carbocycles. The summed E-state index contributed by atoms with van der Waals surface area (Å²) < 4.78 is 5.18. The maximum absolute atomic E-state index is 12.7. The minimum atomic E-state index is -1.07. The van der Waals surface area contributed by atoms with Gasteiger partial charge in [0, 0.05) is 24.4 Å². The maximum Gasteiger partial charge on any atom is 0.408 e. The van der Waals surface area contributed by atoms with Crippen LogP contribution >= 0.6 is 0 Å². The zero-order valence-electron chi connectivity index (χ0n) is 16.8. The van der Waals surface area contributed by atoms with Crippen LogP contribution in [0.15, 0.2) is 59.6 Å². The number of carbonyl (C=O) groups is 2. The Balaban J connectivity index is 1.97. The van der Waals surface area contributed by atoms with E-state index in [1.165, 1.54) is 24.3 Å². The van der Waals surface area contributed by atoms with Gasteiger partial charge in [-0.05, 0) is 30.5 Å². The molecule has 11 heteroatoms. The van der Waals surface area contributed by atoms with Gasteiger partial charge in [-0.15, -0.1) is 0 Å². The van der Waals surface area contributed by atoms with Gasteiger partial charge in [0.2, 0.25) is 5.91 Å². The number of guanidine groups is 1. The fraction of sp³-hybridized carbons (Fsp3) is 0.250. The molecule has 0 fully saturated rings. The van der Waals surface area contributed by atoms with E-state index < -0.39 is 23.3 Å². The first-order valence-corrected chi connectivity index (χ1v) is 9.52. The molecule has 0 bridgehead atoms. The van der Waals surface area contributed by atoms with Crippen molar-refractivity contribution in [3.05, 3.63) is 65.4 Å². The van der Waals surface area contributed by atoms with E-state index in [1.54, 1.807) is 0 Å². The van der Waals surface area contributed by atoms with Crippen LogP contribution < -0.4 is 27.3 Å². The van der Waals surface area contributed by atoms with Crippen molar-refractivity contribution >= 4 is 29.3 Å². The number of anilines is 1. The molecule has 0 aliphatic carbocycles. The van der Waals surface area contributed by atoms with Gasteiger partial charge in [0.25, 0.3) is 0 Å². The van der Waals surface area contributed by atoms with Crippen molar-refractivity contribution in [3.63, 3.8) is 0 Å². The molecule has 2 amide bonds. The van der Waals surface area contributed by atoms with Crippen LogP contribution in [0.4, 0.5) is 16.2 Å². The van der Waals surface area contributed by atoms with Crippen LogP contribution in [0, 0.1) is 5.21 Å². The molecule has 11 nitrogen and oxygen atoms in total. The monoisotopic (exact) mass is 430 g/mol. The smallest absolute Gasteiger partial charge is 0.408 e. The van der Waals surface area contributed by atoms with Gasteiger partial charge in [0.1, 0.15) is 12.6 Å². The highest BCUT2D eigenvalue weighted by Gasteiger charge is 2.21. The van der Waals surface area contributed by atoms with Gasteiger partial charge in [-0.3, -0.25) is 9.79 Å². The molecule has 2 aromatic carbocycles. The van der Waals surface area contributed by atoms with E-state index in [4.69, 9.17) is 21.4 Å². The molecule has 0 radical (unpaired) electrons. The van der Waals surface area contributed by atoms with Crippen molar-refractivity contribution in [2.45, 2.75) is 25.5 Å². The number of quaternary nitrogens is 1. The Morgan fingerprint density at radius 3 is 2.42 bits per heavy atom. The highest BCUT2D eigenvalue weighted by molar-refractivity contribution is 5.96. The third-order valence-electron chi connectivity index (χ3n) is 4.17. The van der Waals surface area contributed by atoms with E-state index >= 15 is 0 Å². The van der Waals surface area contributed by atoms with E-state index in [9.17, 15) is 14.8 Å². The van der Waals surface area contributed by atoms with Crippen LogP contribution in [0.3, 0.4) is 0 Å². The number of alkyl carbamates (subject to hydrolysis) is 1. The lowest BCUT2D eigenvalue weighted by molar-refractivity contribution is -0.991. The molecule has 0 spiro atoms. The molecule has 2 atom stereocenters. The summed E-state index contributed by atoms with van der Waals surface area (Å²) in [6, 6.07) is 13.9. The fourth-order valence-electron chi connectivity index (χ4n) is 2.60. The van der Waals surface area contributed by atoms with Gasteiger partial charge in [0.15, 0.2) is 11.6 Å². The summed E-state index contributed by atoms with van der Waals surface area (Å²) in [6.07, 6.45) is -0.0459. The zero-order chi connectivity index (χ0) is 22.6. The van der Waals surface area contributed by atoms with Gasteiger partial charge in [-0.1, -0.05) is 30.3 Å². The number of nitrogens with zero attached hydrogens (tertiary/aromatic N) is 1. The standard InChI is InChI=1S/C20H26N6O5/c21-19(22)23-12-4-7-17(25-20(28)31-13-14-5-2-1-3-6-14)18(27)24-15-8-10-16(11-9-15)26(29)30/h1-3,5-6,8-11,17,26,29H,4,7,12-13H2,(H,24,27)(H,25,28)(H4,21,22,23). The number of hydrogen-bond acceptors (Lipinski definition) is 6. The van der Waals surface area contributed by atoms with Gasteiger partial charge in [0.05, 0.1) is 0 Å². The predicted molar refractivity (Wildman–Crippen MR) is 114 cm³/mol. The van der Waals surface area contributed by atoms with E-state index in [2.05, 4.69) is 15.6 Å². The van der Waals surface area contributed by atoms with Gasteiger partial charge in [-0.2, -0.15) is 5.23 Å². The normalized spacial score (nSPS) is 12.3. The lowest BCUT2D eigenvalue weighted by Gasteiger charge is -2.18. The van der Waals surface area contributed by atoms with E-state index in [-0.39, 0.29) is 24.7 Å². The van der Waals surface area contributed by atoms with Crippen LogP contribution in [0.1, 0.15) is 18.4 Å². The summed E-state index contributed by atoms with van der Waals surface area (Å²) in [7, 11) is 0. The van der Waals surface area contributed by atoms with E-state index in [1.807, 2.05) is 30.3 Å². The molecule has 2 aromatic rings. The topological polar surface area (TPSA) is 180 Å². The van der Waals surface area contributed by atoms with Crippen LogP contribution in [0.2, 0.25) is 0 Å². The Morgan fingerprint density at radius 2 is 1.81 bits per heavy atom. The number of ether oxygens (including phenoxy) is 1. The predicted octanol–water partition coefficient (Wildman–Crippen LogP) is 0.377. The summed E-state index contributed by atoms with van der Waals surface area (Å²) in [4.78, 5) is 28.7. The van der Waals surface area contributed by atoms with Crippen molar-refractivity contribution in [2.24, 2.45) is 16.5 Å². The first-order chi connectivity index (χ1) is 14.8. The first kappa shape index (κ1) is 23.6. The van der Waals surface area contributed by atoms with E-state index in [0.717, 1.165) is 5.56 Å². The Labute approximate surface area is 179 Å². The summed E-state index contributed by atoms with van der Waals surface area (Å²) in [5.41, 5.74) is 11.9. The molecule has 2 rings (SSSR count). The number of nitrogens with one attached hydrogen (secondary N) is 3. The summed E-state index contributed by atoms with van der Waals surface area (Å²) in [5, 5.41) is 24.0. The van der Waals surface area contributed by atoms with Crippen molar-refractivity contribution in [1.29, 1.82) is 0 Å². The number of aliphatic imine (C=N–C) groups is 1. The summed E-state index contributed by atoms with van der Waals surface area (Å²) in [6.45, 7) is 0.353. The van der Waals surface area contributed by atoms with Gasteiger partial charge >= 0.3 is 6.09 Å². The molecule has 0 aromatic heterocycles. The molecule has 0 saturated heterocycles. The second kappa shape index (κ2) is 12.1. The van der Waals surface area contributed by atoms with Gasteiger partial charge < -0.3 is 32.0 Å². The molecule has 0 heterocycles. The largest absolute Gasteiger partial charge is 0.595 e. The number of carbonyl (C=O) groups excluding carboxylic acids is 2. The lowest BCUT2D eigenvalue weighted by atomic mass is 10.1. The number of hydrogen-bond donors (Lipinski definition) is 6. The zero-order valence-corrected chi connectivity index (χ0v) is 16.8. The Bertz CT molecular complexity index is 869. The Hall–Kier alpha value is -3.67. The summed E-state index contributed by atoms with van der Waals surface area (Å²) >= 11 is 0. The van der Waals surface area contributed by atoms with Crippen LogP contribution in [-0.2, 0) is 16.1 Å². The average molecular weight is 430 g/mol. The Kier molecular flexibility index (Phi) is 9.23. The lowest BCUT2D eigenvalue weighted by Crippen LogP contribution is -2.99. The number of nitrogens with two attached hydrogens (primary N) is 2. The molecule has 0 aliphatic rings. The van der Waals surface area contributed by atoms with Crippen LogP contribution in [-0.4, -0.2) is 35.8 Å². The molecule has 2 unspecified atom stereocenters. The third kappa shape index (κ3) is 8.70. The molecule has 0 aliphatic heterocycles. The minimum absolute atomic E-state index is 0.0604. The van der Waals surface area contributed by atoms with Crippen LogP contribution in [0.25, 0.3) is 0 Å². The second-order valence-corrected chi connectivity index (χ2v) is 6.58.